The number of aliphatic imine (C=N–C) groups is 1. The molecule has 5 rings (SSSR count). The molecule has 162 valence electrons. The number of thioether (sulfide) groups is 1. The lowest BCUT2D eigenvalue weighted by molar-refractivity contribution is -0.123. The summed E-state index contributed by atoms with van der Waals surface area (Å²) in [4.78, 5) is 20.7. The topological polar surface area (TPSA) is 45.8 Å². The van der Waals surface area contributed by atoms with Gasteiger partial charge >= 0.3 is 0 Å². The molecule has 0 unspecified atom stereocenters. The molecule has 1 aliphatic carbocycles. The maximum absolute atomic E-state index is 13.4. The van der Waals surface area contributed by atoms with Crippen LogP contribution in [0.4, 0.5) is 5.69 Å². The lowest BCUT2D eigenvalue weighted by Crippen LogP contribution is -2.37. The number of amides is 1. The first-order chi connectivity index (χ1) is 15.6. The zero-order valence-corrected chi connectivity index (χ0v) is 20.2. The van der Waals surface area contributed by atoms with Crippen molar-refractivity contribution >= 4 is 50.5 Å². The molecule has 32 heavy (non-hydrogen) atoms. The molecule has 2 heterocycles. The zero-order chi connectivity index (χ0) is 22.1. The van der Waals surface area contributed by atoms with Crippen molar-refractivity contribution in [2.45, 2.75) is 38.6 Å². The fraction of sp³-hybridized carbons (Fsp3) is 0.231. The minimum atomic E-state index is 0.0222. The van der Waals surface area contributed by atoms with Crippen LogP contribution in [0.1, 0.15) is 37.0 Å². The van der Waals surface area contributed by atoms with Crippen molar-refractivity contribution in [1.82, 2.24) is 4.90 Å². The lowest BCUT2D eigenvalue weighted by Gasteiger charge is -2.22. The fourth-order valence-electron chi connectivity index (χ4n) is 4.17. The minimum Gasteiger partial charge on any atom is -0.457 e. The molecule has 1 amide bonds. The van der Waals surface area contributed by atoms with Gasteiger partial charge in [0, 0.05) is 22.2 Å². The molecule has 0 atom stereocenters. The molecule has 0 N–H and O–H groups in total. The Bertz CT molecular complexity index is 1210. The van der Waals surface area contributed by atoms with E-state index >= 15 is 0 Å². The van der Waals surface area contributed by atoms with E-state index in [9.17, 15) is 4.79 Å². The van der Waals surface area contributed by atoms with Gasteiger partial charge in [0.25, 0.3) is 5.91 Å². The van der Waals surface area contributed by atoms with Crippen molar-refractivity contribution in [3.8, 4) is 11.3 Å². The number of furan rings is 1. The van der Waals surface area contributed by atoms with Gasteiger partial charge in [-0.15, -0.1) is 0 Å². The molecule has 1 saturated heterocycles. The molecule has 1 aromatic heterocycles. The zero-order valence-electron chi connectivity index (χ0n) is 17.8. The number of amidine groups is 1. The van der Waals surface area contributed by atoms with Gasteiger partial charge in [0.2, 0.25) is 0 Å². The molecule has 3 aromatic rings. The number of para-hydroxylation sites is 1. The summed E-state index contributed by atoms with van der Waals surface area (Å²) in [6.07, 6.45) is 6.22. The van der Waals surface area contributed by atoms with E-state index in [4.69, 9.17) is 9.41 Å². The van der Waals surface area contributed by atoms with Crippen molar-refractivity contribution in [2.24, 2.45) is 4.99 Å². The van der Waals surface area contributed by atoms with E-state index in [1.54, 1.807) is 0 Å². The first-order valence-corrected chi connectivity index (χ1v) is 12.4. The van der Waals surface area contributed by atoms with Crippen molar-refractivity contribution < 1.29 is 9.21 Å². The van der Waals surface area contributed by atoms with Crippen LogP contribution in [0.5, 0.6) is 0 Å². The molecular formula is C26H23BrN2O2S. The van der Waals surface area contributed by atoms with Crippen LogP contribution in [-0.4, -0.2) is 22.0 Å². The van der Waals surface area contributed by atoms with E-state index in [0.717, 1.165) is 57.9 Å². The molecule has 0 bridgehead atoms. The average Bonchev–Trinajstić information content (AvgIpc) is 3.53. The largest absolute Gasteiger partial charge is 0.457 e. The van der Waals surface area contributed by atoms with E-state index < -0.39 is 0 Å². The molecular weight excluding hydrogens is 484 g/mol. The van der Waals surface area contributed by atoms with Gasteiger partial charge in [-0.3, -0.25) is 9.69 Å². The van der Waals surface area contributed by atoms with Gasteiger partial charge in [-0.25, -0.2) is 4.99 Å². The molecule has 0 radical (unpaired) electrons. The number of nitrogens with zero attached hydrogens (tertiary/aromatic N) is 2. The van der Waals surface area contributed by atoms with E-state index in [1.165, 1.54) is 11.8 Å². The minimum absolute atomic E-state index is 0.0222. The predicted octanol–water partition coefficient (Wildman–Crippen LogP) is 7.56. The number of halogens is 1. The van der Waals surface area contributed by atoms with Crippen LogP contribution in [0, 0.1) is 6.92 Å². The summed E-state index contributed by atoms with van der Waals surface area (Å²) in [5.74, 6) is 1.48. The number of carbonyl (C=O) groups is 1. The number of aryl methyl sites for hydroxylation is 1. The molecule has 1 aliphatic heterocycles. The van der Waals surface area contributed by atoms with Gasteiger partial charge in [0.05, 0.1) is 10.6 Å². The van der Waals surface area contributed by atoms with Crippen LogP contribution in [0.25, 0.3) is 17.4 Å². The Hall–Kier alpha value is -2.57. The highest BCUT2D eigenvalue weighted by molar-refractivity contribution is 9.10. The van der Waals surface area contributed by atoms with Gasteiger partial charge in [-0.1, -0.05) is 53.0 Å². The Labute approximate surface area is 200 Å². The normalized spacial score (nSPS) is 19.6. The second-order valence-electron chi connectivity index (χ2n) is 8.12. The highest BCUT2D eigenvalue weighted by atomic mass is 79.9. The van der Waals surface area contributed by atoms with Gasteiger partial charge in [0.15, 0.2) is 5.17 Å². The number of benzene rings is 2. The molecule has 2 aromatic carbocycles. The number of hydrogen-bond acceptors (Lipinski definition) is 4. The number of rotatable bonds is 4. The summed E-state index contributed by atoms with van der Waals surface area (Å²) in [6, 6.07) is 20.0. The Kier molecular flexibility index (Phi) is 6.07. The summed E-state index contributed by atoms with van der Waals surface area (Å²) >= 11 is 4.97. The van der Waals surface area contributed by atoms with Crippen LogP contribution in [0.15, 0.2) is 79.5 Å². The third-order valence-corrected chi connectivity index (χ3v) is 7.72. The average molecular weight is 507 g/mol. The summed E-state index contributed by atoms with van der Waals surface area (Å²) < 4.78 is 7.14. The maximum Gasteiger partial charge on any atom is 0.267 e. The molecule has 2 aliphatic rings. The standard InChI is InChI=1S/C26H23BrN2O2S/c1-17-15-18(11-13-22(17)27)23-14-12-21(31-23)16-24-25(30)29(20-9-5-6-10-20)26(32-24)28-19-7-3-2-4-8-19/h2-4,7-8,11-16,20H,5-6,9-10H2,1H3. The molecule has 6 heteroatoms. The quantitative estimate of drug-likeness (QED) is 0.342. The summed E-state index contributed by atoms with van der Waals surface area (Å²) in [5, 5.41) is 0.759. The van der Waals surface area contributed by atoms with Crippen LogP contribution >= 0.6 is 27.7 Å². The van der Waals surface area contributed by atoms with Crippen molar-refractivity contribution in [3.05, 3.63) is 81.4 Å². The van der Waals surface area contributed by atoms with E-state index in [0.29, 0.717) is 10.7 Å². The van der Waals surface area contributed by atoms with E-state index in [2.05, 4.69) is 28.9 Å². The van der Waals surface area contributed by atoms with E-state index in [-0.39, 0.29) is 11.9 Å². The summed E-state index contributed by atoms with van der Waals surface area (Å²) in [7, 11) is 0. The maximum atomic E-state index is 13.4. The number of carbonyl (C=O) groups excluding carboxylic acids is 1. The monoisotopic (exact) mass is 506 g/mol. The van der Waals surface area contributed by atoms with Crippen molar-refractivity contribution in [3.63, 3.8) is 0 Å². The molecule has 0 spiro atoms. The highest BCUT2D eigenvalue weighted by Crippen LogP contribution is 2.39. The lowest BCUT2D eigenvalue weighted by atomic mass is 10.1. The van der Waals surface area contributed by atoms with Gasteiger partial charge in [0.1, 0.15) is 11.5 Å². The SMILES string of the molecule is Cc1cc(-c2ccc(C=C3SC(=Nc4ccccc4)N(C4CCCC4)C3=O)o2)ccc1Br. The fourth-order valence-corrected chi connectivity index (χ4v) is 5.46. The second kappa shape index (κ2) is 9.12. The first kappa shape index (κ1) is 21.3. The first-order valence-electron chi connectivity index (χ1n) is 10.8. The molecule has 2 fully saturated rings. The van der Waals surface area contributed by atoms with Gasteiger partial charge in [-0.05, 0) is 73.5 Å². The van der Waals surface area contributed by atoms with Crippen LogP contribution in [0.2, 0.25) is 0 Å². The van der Waals surface area contributed by atoms with Gasteiger partial charge in [-0.2, -0.15) is 0 Å². The third kappa shape index (κ3) is 4.34. The number of hydrogen-bond donors (Lipinski definition) is 0. The predicted molar refractivity (Wildman–Crippen MR) is 135 cm³/mol. The van der Waals surface area contributed by atoms with Crippen molar-refractivity contribution in [1.29, 1.82) is 0 Å². The van der Waals surface area contributed by atoms with E-state index in [1.807, 2.05) is 65.6 Å². The van der Waals surface area contributed by atoms with Gasteiger partial charge < -0.3 is 4.42 Å². The Balaban J connectivity index is 1.45. The summed E-state index contributed by atoms with van der Waals surface area (Å²) in [6.45, 7) is 2.05. The van der Waals surface area contributed by atoms with Crippen molar-refractivity contribution in [2.75, 3.05) is 0 Å². The smallest absolute Gasteiger partial charge is 0.267 e. The third-order valence-electron chi connectivity index (χ3n) is 5.85. The highest BCUT2D eigenvalue weighted by Gasteiger charge is 2.39. The van der Waals surface area contributed by atoms with Crippen LogP contribution in [0.3, 0.4) is 0 Å². The Morgan fingerprint density at radius 2 is 1.88 bits per heavy atom. The Morgan fingerprint density at radius 1 is 1.09 bits per heavy atom. The summed E-state index contributed by atoms with van der Waals surface area (Å²) in [5.41, 5.74) is 3.02. The van der Waals surface area contributed by atoms with Crippen LogP contribution < -0.4 is 0 Å². The van der Waals surface area contributed by atoms with Crippen LogP contribution in [-0.2, 0) is 4.79 Å². The molecule has 1 saturated carbocycles. The second-order valence-corrected chi connectivity index (χ2v) is 9.98. The molecule has 4 nitrogen and oxygen atoms in total. The Morgan fingerprint density at radius 3 is 2.62 bits per heavy atom.